The van der Waals surface area contributed by atoms with Crippen molar-refractivity contribution in [3.63, 3.8) is 0 Å². The van der Waals surface area contributed by atoms with E-state index in [2.05, 4.69) is 5.32 Å². The maximum Gasteiger partial charge on any atom is 0.407 e. The van der Waals surface area contributed by atoms with Crippen LogP contribution in [-0.2, 0) is 14.3 Å². The first-order chi connectivity index (χ1) is 9.61. The third-order valence-electron chi connectivity index (χ3n) is 2.65. The van der Waals surface area contributed by atoms with E-state index in [-0.39, 0.29) is 26.2 Å². The van der Waals surface area contributed by atoms with Gasteiger partial charge in [-0.2, -0.15) is 0 Å². The fraction of sp³-hybridized carbons (Fsp3) is 0.750. The number of aliphatic hydroxyl groups excluding tert-OH is 1. The van der Waals surface area contributed by atoms with Gasteiger partial charge in [0.15, 0.2) is 0 Å². The Morgan fingerprint density at radius 3 is 2.52 bits per heavy atom. The largest absolute Gasteiger partial charge is 0.444 e. The number of amides is 3. The number of carbonyl (C=O) groups excluding carboxylic acids is 3. The summed E-state index contributed by atoms with van der Waals surface area (Å²) in [5, 5.41) is 11.6. The molecular weight excluding hydrogens is 302 g/mol. The highest BCUT2D eigenvalue weighted by atomic mass is 35.5. The summed E-state index contributed by atoms with van der Waals surface area (Å²) in [4.78, 5) is 37.0. The van der Waals surface area contributed by atoms with E-state index in [9.17, 15) is 14.4 Å². The van der Waals surface area contributed by atoms with Gasteiger partial charge in [0.2, 0.25) is 5.69 Å². The van der Waals surface area contributed by atoms with Gasteiger partial charge in [-0.25, -0.2) is 4.79 Å². The monoisotopic (exact) mass is 321 g/mol. The molecule has 3 amide bonds. The molecule has 0 saturated carbocycles. The van der Waals surface area contributed by atoms with Gasteiger partial charge in [-0.15, -0.1) is 0 Å². The maximum atomic E-state index is 11.8. The van der Waals surface area contributed by atoms with Crippen LogP contribution in [0.3, 0.4) is 0 Å². The van der Waals surface area contributed by atoms with Crippen LogP contribution in [0.2, 0.25) is 0 Å². The highest BCUT2D eigenvalue weighted by molar-refractivity contribution is 6.36. The number of aliphatic hydroxyl groups is 1. The van der Waals surface area contributed by atoms with Crippen molar-refractivity contribution >= 4 is 29.5 Å². The summed E-state index contributed by atoms with van der Waals surface area (Å²) in [5.74, 6) is -1.62. The van der Waals surface area contributed by atoms with Gasteiger partial charge in [0.1, 0.15) is 5.60 Å². The average molecular weight is 322 g/mol. The van der Waals surface area contributed by atoms with Crippen LogP contribution in [0.15, 0.2) is 0 Å². The molecule has 0 bridgehead atoms. The number of nitrogens with one attached hydrogen (secondary N) is 1. The van der Waals surface area contributed by atoms with Crippen molar-refractivity contribution in [1.82, 2.24) is 15.1 Å². The van der Waals surface area contributed by atoms with E-state index in [0.29, 0.717) is 0 Å². The van der Waals surface area contributed by atoms with Crippen LogP contribution in [0, 0.1) is 0 Å². The summed E-state index contributed by atoms with van der Waals surface area (Å²) in [5.41, 5.74) is -2.11. The lowest BCUT2D eigenvalue weighted by molar-refractivity contribution is -0.160. The van der Waals surface area contributed by atoms with Crippen LogP contribution < -0.4 is 5.32 Å². The molecule has 1 fully saturated rings. The van der Waals surface area contributed by atoms with E-state index in [1.807, 2.05) is 0 Å². The summed E-state index contributed by atoms with van der Waals surface area (Å²) >= 11 is 5.39. The summed E-state index contributed by atoms with van der Waals surface area (Å²) in [7, 11) is 0. The van der Waals surface area contributed by atoms with Crippen LogP contribution in [-0.4, -0.2) is 70.3 Å². The van der Waals surface area contributed by atoms with Crippen LogP contribution in [0.1, 0.15) is 20.8 Å². The van der Waals surface area contributed by atoms with Gasteiger partial charge in [-0.1, -0.05) is 11.6 Å². The molecular formula is C12H20ClN3O5. The number of piperazine rings is 1. The highest BCUT2D eigenvalue weighted by Gasteiger charge is 2.34. The number of nitrogens with zero attached hydrogens (tertiary/aromatic N) is 2. The normalized spacial score (nSPS) is 17.8. The van der Waals surface area contributed by atoms with E-state index in [4.69, 9.17) is 21.4 Å². The smallest absolute Gasteiger partial charge is 0.407 e. The van der Waals surface area contributed by atoms with Gasteiger partial charge in [-0.3, -0.25) is 14.5 Å². The number of carbonyl (C=O) groups is 3. The topological polar surface area (TPSA) is 99.2 Å². The lowest BCUT2D eigenvalue weighted by atomic mass is 10.2. The fourth-order valence-electron chi connectivity index (χ4n) is 1.71. The van der Waals surface area contributed by atoms with Crippen LogP contribution >= 0.6 is 11.6 Å². The number of halogens is 1. The van der Waals surface area contributed by atoms with Gasteiger partial charge in [-0.05, 0) is 20.8 Å². The zero-order valence-corrected chi connectivity index (χ0v) is 13.0. The molecule has 1 heterocycles. The molecule has 0 aromatic heterocycles. The van der Waals surface area contributed by atoms with Crippen molar-refractivity contribution in [3.8, 4) is 0 Å². The standard InChI is InChI=1S/C12H20ClN3O5/c1-12(2,3)21-11(20)14-4-5-15-6-7-16(10(13)19)9(18)8(15)17/h10,19H,4-7H2,1-3H3,(H,14,20). The third kappa shape index (κ3) is 5.39. The second-order valence-corrected chi connectivity index (χ2v) is 5.92. The summed E-state index contributed by atoms with van der Waals surface area (Å²) in [6.45, 7) is 5.95. The molecule has 0 aliphatic carbocycles. The molecule has 120 valence electrons. The predicted octanol–water partition coefficient (Wildman–Crippen LogP) is -0.303. The molecule has 1 aliphatic rings. The Labute approximate surface area is 128 Å². The van der Waals surface area contributed by atoms with E-state index >= 15 is 0 Å². The van der Waals surface area contributed by atoms with Crippen molar-refractivity contribution in [1.29, 1.82) is 0 Å². The molecule has 0 spiro atoms. The Balaban J connectivity index is 2.39. The minimum Gasteiger partial charge on any atom is -0.444 e. The van der Waals surface area contributed by atoms with Crippen LogP contribution in [0.25, 0.3) is 0 Å². The molecule has 9 heteroatoms. The van der Waals surface area contributed by atoms with Gasteiger partial charge in [0.25, 0.3) is 0 Å². The number of rotatable bonds is 4. The Bertz CT molecular complexity index is 422. The molecule has 0 aromatic rings. The molecule has 0 aromatic carbocycles. The molecule has 1 unspecified atom stereocenters. The average Bonchev–Trinajstić information content (AvgIpc) is 2.31. The summed E-state index contributed by atoms with van der Waals surface area (Å²) < 4.78 is 5.04. The zero-order chi connectivity index (χ0) is 16.2. The van der Waals surface area contributed by atoms with Crippen LogP contribution in [0.4, 0.5) is 4.79 Å². The lowest BCUT2D eigenvalue weighted by Crippen LogP contribution is -2.57. The molecule has 0 radical (unpaired) electrons. The maximum absolute atomic E-state index is 11.8. The van der Waals surface area contributed by atoms with Gasteiger partial charge in [0, 0.05) is 26.2 Å². The van der Waals surface area contributed by atoms with Crippen molar-refractivity contribution < 1.29 is 24.2 Å². The SMILES string of the molecule is CC(C)(C)OC(=O)NCCN1CCN(C(O)Cl)C(=O)C1=O. The quantitative estimate of drug-likeness (QED) is 0.420. The molecule has 2 N–H and O–H groups in total. The number of alkyl carbamates (subject to hydrolysis) is 1. The number of alkyl halides is 1. The Hall–Kier alpha value is -1.54. The Kier molecular flexibility index (Phi) is 5.79. The summed E-state index contributed by atoms with van der Waals surface area (Å²) in [6.07, 6.45) is -0.587. The molecule has 1 rings (SSSR count). The minimum atomic E-state index is -1.51. The molecule has 8 nitrogen and oxygen atoms in total. The van der Waals surface area contributed by atoms with E-state index < -0.39 is 29.2 Å². The fourth-order valence-corrected chi connectivity index (χ4v) is 1.90. The number of hydrogen-bond acceptors (Lipinski definition) is 5. The molecule has 1 saturated heterocycles. The van der Waals surface area contributed by atoms with Gasteiger partial charge in [0.05, 0.1) is 0 Å². The van der Waals surface area contributed by atoms with Crippen LogP contribution in [0.5, 0.6) is 0 Å². The second-order valence-electron chi connectivity index (χ2n) is 5.53. The van der Waals surface area contributed by atoms with Crippen molar-refractivity contribution in [2.24, 2.45) is 0 Å². The number of hydrogen-bond donors (Lipinski definition) is 2. The van der Waals surface area contributed by atoms with E-state index in [1.54, 1.807) is 20.8 Å². The molecule has 1 aliphatic heterocycles. The second kappa shape index (κ2) is 6.95. The lowest BCUT2D eigenvalue weighted by Gasteiger charge is -2.34. The number of ether oxygens (including phenoxy) is 1. The zero-order valence-electron chi connectivity index (χ0n) is 12.3. The Morgan fingerprint density at radius 1 is 1.38 bits per heavy atom. The highest BCUT2D eigenvalue weighted by Crippen LogP contribution is 2.10. The first kappa shape index (κ1) is 17.5. The van der Waals surface area contributed by atoms with Gasteiger partial charge < -0.3 is 20.1 Å². The van der Waals surface area contributed by atoms with E-state index in [0.717, 1.165) is 4.90 Å². The minimum absolute atomic E-state index is 0.141. The first-order valence-electron chi connectivity index (χ1n) is 6.50. The van der Waals surface area contributed by atoms with E-state index in [1.165, 1.54) is 4.90 Å². The Morgan fingerprint density at radius 2 is 2.00 bits per heavy atom. The summed E-state index contributed by atoms with van der Waals surface area (Å²) in [6, 6.07) is 0. The van der Waals surface area contributed by atoms with Crippen molar-refractivity contribution in [3.05, 3.63) is 0 Å². The molecule has 1 atom stereocenters. The first-order valence-corrected chi connectivity index (χ1v) is 6.94. The van der Waals surface area contributed by atoms with Crippen molar-refractivity contribution in [2.75, 3.05) is 26.2 Å². The molecule has 21 heavy (non-hydrogen) atoms. The van der Waals surface area contributed by atoms with Crippen molar-refractivity contribution in [2.45, 2.75) is 32.1 Å². The van der Waals surface area contributed by atoms with Gasteiger partial charge >= 0.3 is 17.9 Å². The predicted molar refractivity (Wildman–Crippen MR) is 74.4 cm³/mol. The third-order valence-corrected chi connectivity index (χ3v) is 2.88.